The predicted molar refractivity (Wildman–Crippen MR) is 119 cm³/mol. The van der Waals surface area contributed by atoms with E-state index in [2.05, 4.69) is 4.98 Å². The SMILES string of the molecule is Cc1ccc(-c2cc3[nH]c(C(=O)N4CCCc5cc(C(=O)NO)cc(F)c5C4)cc3o2)cc1. The van der Waals surface area contributed by atoms with Crippen LogP contribution in [0.2, 0.25) is 0 Å². The van der Waals surface area contributed by atoms with Crippen LogP contribution in [0.1, 0.15) is 44.0 Å². The van der Waals surface area contributed by atoms with Crippen molar-refractivity contribution in [2.24, 2.45) is 0 Å². The molecule has 3 heterocycles. The lowest BCUT2D eigenvalue weighted by Crippen LogP contribution is -2.31. The van der Waals surface area contributed by atoms with E-state index in [0.29, 0.717) is 47.6 Å². The van der Waals surface area contributed by atoms with E-state index in [1.54, 1.807) is 17.0 Å². The molecule has 168 valence electrons. The summed E-state index contributed by atoms with van der Waals surface area (Å²) in [5.74, 6) is -0.881. The summed E-state index contributed by atoms with van der Waals surface area (Å²) in [5.41, 5.74) is 6.39. The molecule has 1 aliphatic rings. The van der Waals surface area contributed by atoms with Crippen molar-refractivity contribution < 1.29 is 23.6 Å². The molecule has 7 nitrogen and oxygen atoms in total. The molecule has 0 atom stereocenters. The van der Waals surface area contributed by atoms with Crippen molar-refractivity contribution in [1.82, 2.24) is 15.4 Å². The standard InChI is InChI=1S/C25H22FN3O4/c1-14-4-6-15(7-5-14)22-11-20-23(33-22)12-21(27-20)25(31)29-8-2-3-16-9-17(24(30)28-32)10-19(26)18(16)13-29/h4-7,9-12,27,32H,2-3,8,13H2,1H3,(H,28,30). The molecule has 8 heteroatoms. The van der Waals surface area contributed by atoms with Gasteiger partial charge in [-0.3, -0.25) is 14.8 Å². The second kappa shape index (κ2) is 8.22. The predicted octanol–water partition coefficient (Wildman–Crippen LogP) is 4.58. The number of benzene rings is 2. The van der Waals surface area contributed by atoms with Crippen LogP contribution in [0.15, 0.2) is 52.9 Å². The number of hydrogen-bond donors (Lipinski definition) is 3. The molecular formula is C25H22FN3O4. The maximum atomic E-state index is 14.8. The van der Waals surface area contributed by atoms with Crippen molar-refractivity contribution in [1.29, 1.82) is 0 Å². The minimum Gasteiger partial charge on any atom is -0.454 e. The Bertz CT molecular complexity index is 1340. The third kappa shape index (κ3) is 3.89. The Morgan fingerprint density at radius 1 is 1.15 bits per heavy atom. The number of fused-ring (bicyclic) bond motifs is 2. The van der Waals surface area contributed by atoms with Gasteiger partial charge in [0, 0.05) is 41.9 Å². The Kier molecular flexibility index (Phi) is 5.22. The van der Waals surface area contributed by atoms with E-state index in [0.717, 1.165) is 22.7 Å². The number of carbonyl (C=O) groups excluding carboxylic acids is 2. The van der Waals surface area contributed by atoms with Crippen LogP contribution in [-0.2, 0) is 13.0 Å². The highest BCUT2D eigenvalue weighted by Gasteiger charge is 2.25. The van der Waals surface area contributed by atoms with E-state index in [1.807, 2.05) is 37.3 Å². The molecule has 0 unspecified atom stereocenters. The number of aryl methyl sites for hydroxylation is 2. The highest BCUT2D eigenvalue weighted by Crippen LogP contribution is 2.30. The van der Waals surface area contributed by atoms with Crippen molar-refractivity contribution in [3.05, 3.63) is 82.3 Å². The van der Waals surface area contributed by atoms with E-state index < -0.39 is 11.7 Å². The molecule has 2 amide bonds. The van der Waals surface area contributed by atoms with Crippen LogP contribution in [0.4, 0.5) is 4.39 Å². The topological polar surface area (TPSA) is 98.6 Å². The number of nitrogens with one attached hydrogen (secondary N) is 2. The second-order valence-electron chi connectivity index (χ2n) is 8.30. The van der Waals surface area contributed by atoms with Gasteiger partial charge >= 0.3 is 0 Å². The summed E-state index contributed by atoms with van der Waals surface area (Å²) in [6.07, 6.45) is 1.15. The van der Waals surface area contributed by atoms with Gasteiger partial charge in [-0.15, -0.1) is 0 Å². The maximum Gasteiger partial charge on any atom is 0.274 e. The van der Waals surface area contributed by atoms with Crippen LogP contribution in [0.3, 0.4) is 0 Å². The number of hydroxylamine groups is 1. The molecule has 3 N–H and O–H groups in total. The van der Waals surface area contributed by atoms with Gasteiger partial charge in [0.15, 0.2) is 5.58 Å². The van der Waals surface area contributed by atoms with Gasteiger partial charge in [0.1, 0.15) is 17.3 Å². The summed E-state index contributed by atoms with van der Waals surface area (Å²) in [6.45, 7) is 2.56. The Labute approximate surface area is 188 Å². The first kappa shape index (κ1) is 21.0. The van der Waals surface area contributed by atoms with Crippen LogP contribution in [0.5, 0.6) is 0 Å². The zero-order valence-corrected chi connectivity index (χ0v) is 17.9. The molecule has 33 heavy (non-hydrogen) atoms. The molecule has 0 bridgehead atoms. The normalized spacial score (nSPS) is 13.6. The van der Waals surface area contributed by atoms with Crippen LogP contribution in [-0.4, -0.2) is 33.5 Å². The lowest BCUT2D eigenvalue weighted by atomic mass is 10.00. The highest BCUT2D eigenvalue weighted by molar-refractivity contribution is 5.97. The molecule has 2 aromatic heterocycles. The molecule has 0 fully saturated rings. The molecule has 0 radical (unpaired) electrons. The van der Waals surface area contributed by atoms with E-state index >= 15 is 0 Å². The summed E-state index contributed by atoms with van der Waals surface area (Å²) in [5, 5.41) is 8.83. The Balaban J connectivity index is 1.39. The number of halogens is 1. The zero-order chi connectivity index (χ0) is 23.1. The molecule has 2 aromatic carbocycles. The number of nitrogens with zero attached hydrogens (tertiary/aromatic N) is 1. The van der Waals surface area contributed by atoms with Crippen molar-refractivity contribution >= 4 is 22.9 Å². The largest absolute Gasteiger partial charge is 0.454 e. The van der Waals surface area contributed by atoms with E-state index in [-0.39, 0.29) is 18.0 Å². The molecule has 5 rings (SSSR count). The fourth-order valence-corrected chi connectivity index (χ4v) is 4.26. The first-order valence-corrected chi connectivity index (χ1v) is 10.7. The average Bonchev–Trinajstić information content (AvgIpc) is 3.31. The molecule has 4 aromatic rings. The lowest BCUT2D eigenvalue weighted by Gasteiger charge is -2.20. The monoisotopic (exact) mass is 447 g/mol. The molecule has 0 saturated heterocycles. The summed E-state index contributed by atoms with van der Waals surface area (Å²) >= 11 is 0. The van der Waals surface area contributed by atoms with Gasteiger partial charge in [-0.1, -0.05) is 29.8 Å². The third-order valence-corrected chi connectivity index (χ3v) is 6.03. The maximum absolute atomic E-state index is 14.8. The molecule has 1 aliphatic heterocycles. The second-order valence-corrected chi connectivity index (χ2v) is 8.30. The number of carbonyl (C=O) groups is 2. The number of furan rings is 1. The summed E-state index contributed by atoms with van der Waals surface area (Å²) in [7, 11) is 0. The van der Waals surface area contributed by atoms with Crippen molar-refractivity contribution in [3.63, 3.8) is 0 Å². The average molecular weight is 447 g/mol. The lowest BCUT2D eigenvalue weighted by molar-refractivity contribution is 0.0704. The number of hydrogen-bond acceptors (Lipinski definition) is 4. The quantitative estimate of drug-likeness (QED) is 0.316. The van der Waals surface area contributed by atoms with Crippen molar-refractivity contribution in [2.45, 2.75) is 26.3 Å². The number of amides is 2. The summed E-state index contributed by atoms with van der Waals surface area (Å²) in [6, 6.07) is 14.2. The first-order valence-electron chi connectivity index (χ1n) is 10.7. The molecular weight excluding hydrogens is 425 g/mol. The van der Waals surface area contributed by atoms with Crippen LogP contribution in [0.25, 0.3) is 22.4 Å². The number of aromatic amines is 1. The van der Waals surface area contributed by atoms with E-state index in [1.165, 1.54) is 5.48 Å². The number of H-pyrrole nitrogens is 1. The van der Waals surface area contributed by atoms with E-state index in [4.69, 9.17) is 9.62 Å². The molecule has 0 spiro atoms. The Morgan fingerprint density at radius 3 is 2.67 bits per heavy atom. The van der Waals surface area contributed by atoms with Crippen molar-refractivity contribution in [2.75, 3.05) is 6.54 Å². The van der Waals surface area contributed by atoms with Gasteiger partial charge in [0.05, 0.1) is 5.52 Å². The van der Waals surface area contributed by atoms with Gasteiger partial charge in [-0.05, 0) is 37.5 Å². The van der Waals surface area contributed by atoms with Gasteiger partial charge < -0.3 is 14.3 Å². The van der Waals surface area contributed by atoms with Gasteiger partial charge in [0.25, 0.3) is 11.8 Å². The third-order valence-electron chi connectivity index (χ3n) is 6.03. The van der Waals surface area contributed by atoms with Gasteiger partial charge in [-0.2, -0.15) is 0 Å². The Hall–Kier alpha value is -3.91. The van der Waals surface area contributed by atoms with Gasteiger partial charge in [-0.25, -0.2) is 9.87 Å². The summed E-state index contributed by atoms with van der Waals surface area (Å²) in [4.78, 5) is 29.6. The number of rotatable bonds is 3. The number of aromatic nitrogens is 1. The van der Waals surface area contributed by atoms with Crippen LogP contribution < -0.4 is 5.48 Å². The smallest absolute Gasteiger partial charge is 0.274 e. The molecule has 0 aliphatic carbocycles. The molecule has 0 saturated carbocycles. The van der Waals surface area contributed by atoms with Gasteiger partial charge in [0.2, 0.25) is 0 Å². The first-order chi connectivity index (χ1) is 15.9. The fourth-order valence-electron chi connectivity index (χ4n) is 4.26. The van der Waals surface area contributed by atoms with E-state index in [9.17, 15) is 14.0 Å². The zero-order valence-electron chi connectivity index (χ0n) is 17.9. The van der Waals surface area contributed by atoms with Crippen molar-refractivity contribution in [3.8, 4) is 11.3 Å². The highest BCUT2D eigenvalue weighted by atomic mass is 19.1. The van der Waals surface area contributed by atoms with Crippen LogP contribution in [0, 0.1) is 12.7 Å². The Morgan fingerprint density at radius 2 is 1.94 bits per heavy atom. The summed E-state index contributed by atoms with van der Waals surface area (Å²) < 4.78 is 20.7. The van der Waals surface area contributed by atoms with Crippen LogP contribution >= 0.6 is 0 Å². The minimum atomic E-state index is -0.771. The fraction of sp³-hybridized carbons (Fsp3) is 0.200. The minimum absolute atomic E-state index is 0.0441.